The van der Waals surface area contributed by atoms with Gasteiger partial charge in [0, 0.05) is 19.2 Å². The Hall–Kier alpha value is -2.31. The molecule has 0 radical (unpaired) electrons. The maximum absolute atomic E-state index is 12.0. The predicted octanol–water partition coefficient (Wildman–Crippen LogP) is 2.35. The first-order valence-electron chi connectivity index (χ1n) is 7.36. The molecule has 0 spiro atoms. The van der Waals surface area contributed by atoms with Crippen molar-refractivity contribution in [2.75, 3.05) is 13.1 Å². The summed E-state index contributed by atoms with van der Waals surface area (Å²) >= 11 is 0. The van der Waals surface area contributed by atoms with E-state index < -0.39 is 5.60 Å². The average Bonchev–Trinajstić information content (AvgIpc) is 3.02. The number of aromatic nitrogens is 3. The number of nitrogens with zero attached hydrogens (tertiary/aromatic N) is 3. The van der Waals surface area contributed by atoms with E-state index in [1.165, 1.54) is 0 Å². The normalized spacial score (nSPS) is 18.7. The zero-order chi connectivity index (χ0) is 15.7. The summed E-state index contributed by atoms with van der Waals surface area (Å²) in [5.74, 6) is 0. The van der Waals surface area contributed by atoms with Crippen LogP contribution in [0.3, 0.4) is 0 Å². The molecular weight excluding hydrogens is 284 g/mol. The fourth-order valence-electron chi connectivity index (χ4n) is 2.35. The fourth-order valence-corrected chi connectivity index (χ4v) is 2.35. The van der Waals surface area contributed by atoms with Gasteiger partial charge in [0.25, 0.3) is 6.01 Å². The van der Waals surface area contributed by atoms with E-state index in [4.69, 9.17) is 9.47 Å². The lowest BCUT2D eigenvalue weighted by atomic mass is 10.2. The summed E-state index contributed by atoms with van der Waals surface area (Å²) in [5.41, 5.74) is 0.972. The minimum Gasteiger partial charge on any atom is -0.459 e. The van der Waals surface area contributed by atoms with Gasteiger partial charge in [-0.25, -0.2) is 9.78 Å². The van der Waals surface area contributed by atoms with Crippen molar-refractivity contribution in [1.82, 2.24) is 19.9 Å². The van der Waals surface area contributed by atoms with Crippen LogP contribution in [0.5, 0.6) is 6.01 Å². The molecule has 0 aromatic carbocycles. The van der Waals surface area contributed by atoms with Crippen LogP contribution in [0.15, 0.2) is 18.3 Å². The molecule has 1 saturated heterocycles. The lowest BCUT2D eigenvalue weighted by Crippen LogP contribution is -2.36. The van der Waals surface area contributed by atoms with E-state index in [1.807, 2.05) is 32.9 Å². The summed E-state index contributed by atoms with van der Waals surface area (Å²) in [6.07, 6.45) is 2.05. The van der Waals surface area contributed by atoms with Crippen LogP contribution in [0.25, 0.3) is 11.2 Å². The molecule has 118 valence electrons. The van der Waals surface area contributed by atoms with Gasteiger partial charge in [0.05, 0.1) is 12.1 Å². The van der Waals surface area contributed by atoms with E-state index in [1.54, 1.807) is 11.1 Å². The van der Waals surface area contributed by atoms with E-state index in [2.05, 4.69) is 15.0 Å². The largest absolute Gasteiger partial charge is 0.459 e. The van der Waals surface area contributed by atoms with Gasteiger partial charge < -0.3 is 19.4 Å². The summed E-state index contributed by atoms with van der Waals surface area (Å²) < 4.78 is 11.2. The first-order valence-corrected chi connectivity index (χ1v) is 7.36. The molecule has 1 amide bonds. The summed E-state index contributed by atoms with van der Waals surface area (Å²) in [4.78, 5) is 25.2. The molecule has 3 rings (SSSR count). The van der Waals surface area contributed by atoms with Gasteiger partial charge in [-0.2, -0.15) is 4.98 Å². The summed E-state index contributed by atoms with van der Waals surface area (Å²) in [5, 5.41) is 0. The minimum atomic E-state index is -0.486. The van der Waals surface area contributed by atoms with Gasteiger partial charge in [-0.05, 0) is 32.9 Å². The van der Waals surface area contributed by atoms with Crippen molar-refractivity contribution in [2.24, 2.45) is 0 Å². The Bertz CT molecular complexity index is 644. The highest BCUT2D eigenvalue weighted by molar-refractivity contribution is 5.70. The third-order valence-electron chi connectivity index (χ3n) is 3.31. The number of pyridine rings is 1. The average molecular weight is 304 g/mol. The zero-order valence-corrected chi connectivity index (χ0v) is 13.0. The number of carbonyl (C=O) groups excluding carboxylic acids is 1. The van der Waals surface area contributed by atoms with Gasteiger partial charge in [-0.1, -0.05) is 0 Å². The molecule has 1 N–H and O–H groups in total. The molecule has 1 aliphatic rings. The van der Waals surface area contributed by atoms with Crippen molar-refractivity contribution in [1.29, 1.82) is 0 Å². The fraction of sp³-hybridized carbons (Fsp3) is 0.533. The number of carbonyl (C=O) groups is 1. The second-order valence-electron chi connectivity index (χ2n) is 6.37. The Kier molecular flexibility index (Phi) is 3.64. The number of fused-ring (bicyclic) bond motifs is 1. The molecule has 7 heteroatoms. The van der Waals surface area contributed by atoms with Gasteiger partial charge in [0.2, 0.25) is 0 Å². The number of H-pyrrole nitrogens is 1. The smallest absolute Gasteiger partial charge is 0.410 e. The summed E-state index contributed by atoms with van der Waals surface area (Å²) in [6.45, 7) is 6.69. The van der Waals surface area contributed by atoms with Crippen molar-refractivity contribution >= 4 is 17.3 Å². The number of imidazole rings is 1. The lowest BCUT2D eigenvalue weighted by Gasteiger charge is -2.24. The monoisotopic (exact) mass is 304 g/mol. The van der Waals surface area contributed by atoms with Crippen molar-refractivity contribution in [3.63, 3.8) is 0 Å². The van der Waals surface area contributed by atoms with Gasteiger partial charge in [0.1, 0.15) is 11.7 Å². The topological polar surface area (TPSA) is 80.3 Å². The number of amides is 1. The second-order valence-corrected chi connectivity index (χ2v) is 6.37. The van der Waals surface area contributed by atoms with Crippen molar-refractivity contribution in [2.45, 2.75) is 38.9 Å². The van der Waals surface area contributed by atoms with E-state index >= 15 is 0 Å². The third-order valence-corrected chi connectivity index (χ3v) is 3.31. The van der Waals surface area contributed by atoms with E-state index in [0.717, 1.165) is 11.9 Å². The van der Waals surface area contributed by atoms with Crippen LogP contribution in [0.2, 0.25) is 0 Å². The molecule has 0 aliphatic carbocycles. The minimum absolute atomic E-state index is 0.0897. The molecule has 22 heavy (non-hydrogen) atoms. The van der Waals surface area contributed by atoms with E-state index in [-0.39, 0.29) is 12.2 Å². The molecule has 3 heterocycles. The quantitative estimate of drug-likeness (QED) is 0.921. The van der Waals surface area contributed by atoms with Crippen LogP contribution >= 0.6 is 0 Å². The van der Waals surface area contributed by atoms with E-state index in [9.17, 15) is 4.79 Å². The number of rotatable bonds is 2. The summed E-state index contributed by atoms with van der Waals surface area (Å²) in [7, 11) is 0. The third kappa shape index (κ3) is 3.29. The molecule has 2 aromatic heterocycles. The molecule has 1 atom stereocenters. The molecule has 1 aliphatic heterocycles. The standard InChI is InChI=1S/C15H20N4O3/c1-15(2,3)22-14(20)19-8-6-10(9-19)21-13-17-11-5-4-7-16-12(11)18-13/h4-5,7,10H,6,8-9H2,1-3H3,(H,16,17,18)/t10-/m1/s1. The molecule has 0 bridgehead atoms. The highest BCUT2D eigenvalue weighted by Gasteiger charge is 2.31. The molecular formula is C15H20N4O3. The van der Waals surface area contributed by atoms with Crippen LogP contribution in [0.4, 0.5) is 4.79 Å². The van der Waals surface area contributed by atoms with Gasteiger partial charge >= 0.3 is 6.09 Å². The Morgan fingerprint density at radius 2 is 2.27 bits per heavy atom. The number of nitrogens with one attached hydrogen (secondary N) is 1. The number of likely N-dealkylation sites (tertiary alicyclic amines) is 1. The highest BCUT2D eigenvalue weighted by Crippen LogP contribution is 2.20. The molecule has 0 saturated carbocycles. The number of ether oxygens (including phenoxy) is 2. The highest BCUT2D eigenvalue weighted by atomic mass is 16.6. The van der Waals surface area contributed by atoms with Crippen LogP contribution in [-0.2, 0) is 4.74 Å². The first kappa shape index (κ1) is 14.6. The van der Waals surface area contributed by atoms with Crippen molar-refractivity contribution in [3.05, 3.63) is 18.3 Å². The SMILES string of the molecule is CC(C)(C)OC(=O)N1CC[C@@H](Oc2nc3ncccc3[nH]2)C1. The van der Waals surface area contributed by atoms with Crippen LogP contribution in [0.1, 0.15) is 27.2 Å². The molecule has 0 unspecified atom stereocenters. The van der Waals surface area contributed by atoms with Crippen LogP contribution < -0.4 is 4.74 Å². The van der Waals surface area contributed by atoms with Crippen molar-refractivity contribution in [3.8, 4) is 6.01 Å². The lowest BCUT2D eigenvalue weighted by molar-refractivity contribution is 0.0274. The number of hydrogen-bond acceptors (Lipinski definition) is 5. The van der Waals surface area contributed by atoms with Crippen LogP contribution in [-0.4, -0.2) is 50.7 Å². The molecule has 2 aromatic rings. The molecule has 7 nitrogen and oxygen atoms in total. The maximum Gasteiger partial charge on any atom is 0.410 e. The second kappa shape index (κ2) is 5.47. The van der Waals surface area contributed by atoms with Crippen molar-refractivity contribution < 1.29 is 14.3 Å². The Morgan fingerprint density at radius 1 is 1.45 bits per heavy atom. The van der Waals surface area contributed by atoms with Gasteiger partial charge in [0.15, 0.2) is 5.65 Å². The number of hydrogen-bond donors (Lipinski definition) is 1. The Labute approximate surface area is 128 Å². The molecule has 1 fully saturated rings. The predicted molar refractivity (Wildman–Crippen MR) is 80.7 cm³/mol. The van der Waals surface area contributed by atoms with E-state index in [0.29, 0.717) is 24.7 Å². The number of aromatic amines is 1. The Balaban J connectivity index is 1.60. The first-order chi connectivity index (χ1) is 10.4. The van der Waals surface area contributed by atoms with Gasteiger partial charge in [-0.15, -0.1) is 0 Å². The Morgan fingerprint density at radius 3 is 3.00 bits per heavy atom. The maximum atomic E-state index is 12.0. The van der Waals surface area contributed by atoms with Crippen LogP contribution in [0, 0.1) is 0 Å². The summed E-state index contributed by atoms with van der Waals surface area (Å²) in [6, 6.07) is 4.17. The van der Waals surface area contributed by atoms with Gasteiger partial charge in [-0.3, -0.25) is 0 Å². The zero-order valence-electron chi connectivity index (χ0n) is 13.0.